The van der Waals surface area contributed by atoms with E-state index < -0.39 is 0 Å². The molecule has 3 nitrogen and oxygen atoms in total. The Balaban J connectivity index is 2.12. The Morgan fingerprint density at radius 2 is 2.00 bits per heavy atom. The Labute approximate surface area is 110 Å². The first-order valence-corrected chi connectivity index (χ1v) is 6.11. The van der Waals surface area contributed by atoms with E-state index >= 15 is 0 Å². The maximum absolute atomic E-state index is 12.4. The van der Waals surface area contributed by atoms with E-state index in [4.69, 9.17) is 4.42 Å². The van der Waals surface area contributed by atoms with Crippen molar-refractivity contribution in [2.75, 3.05) is 0 Å². The molecule has 0 aliphatic carbocycles. The minimum Gasteiger partial charge on any atom is -0.452 e. The van der Waals surface area contributed by atoms with Crippen molar-refractivity contribution in [1.82, 2.24) is 4.98 Å². The van der Waals surface area contributed by atoms with Crippen molar-refractivity contribution >= 4 is 16.8 Å². The molecule has 19 heavy (non-hydrogen) atoms. The fourth-order valence-electron chi connectivity index (χ4n) is 2.16. The van der Waals surface area contributed by atoms with Crippen LogP contribution < -0.4 is 0 Å². The van der Waals surface area contributed by atoms with Crippen LogP contribution in [0.4, 0.5) is 0 Å². The number of hydrogen-bond donors (Lipinski definition) is 0. The normalized spacial score (nSPS) is 10.8. The van der Waals surface area contributed by atoms with E-state index in [0.29, 0.717) is 11.3 Å². The fraction of sp³-hybridized carbons (Fsp3) is 0.125. The Morgan fingerprint density at radius 1 is 1.16 bits per heavy atom. The molecule has 0 amide bonds. The molecule has 0 radical (unpaired) electrons. The minimum atomic E-state index is -0.124. The summed E-state index contributed by atoms with van der Waals surface area (Å²) in [6, 6.07) is 9.48. The van der Waals surface area contributed by atoms with Crippen molar-refractivity contribution < 1.29 is 9.21 Å². The van der Waals surface area contributed by atoms with Crippen molar-refractivity contribution in [2.45, 2.75) is 13.8 Å². The van der Waals surface area contributed by atoms with Crippen LogP contribution in [-0.2, 0) is 0 Å². The number of aromatic nitrogens is 1. The summed E-state index contributed by atoms with van der Waals surface area (Å²) in [5, 5.41) is 0.949. The first-order valence-electron chi connectivity index (χ1n) is 6.11. The molecule has 0 N–H and O–H groups in total. The summed E-state index contributed by atoms with van der Waals surface area (Å²) in [4.78, 5) is 16.4. The average molecular weight is 251 g/mol. The van der Waals surface area contributed by atoms with E-state index in [2.05, 4.69) is 4.98 Å². The molecule has 0 spiro atoms. The molecule has 0 unspecified atom stereocenters. The predicted octanol–water partition coefficient (Wildman–Crippen LogP) is 3.68. The van der Waals surface area contributed by atoms with Gasteiger partial charge in [-0.3, -0.25) is 9.78 Å². The van der Waals surface area contributed by atoms with Crippen LogP contribution in [-0.4, -0.2) is 10.8 Å². The standard InChI is InChI=1S/C16H13NO2/c1-10-6-7-17-9-13(10)15(18)14-8-12-5-3-4-11(2)16(12)19-14/h3-9H,1-2H3. The van der Waals surface area contributed by atoms with Gasteiger partial charge < -0.3 is 4.42 Å². The zero-order valence-electron chi connectivity index (χ0n) is 10.8. The van der Waals surface area contributed by atoms with E-state index in [0.717, 1.165) is 22.1 Å². The first-order chi connectivity index (χ1) is 9.16. The van der Waals surface area contributed by atoms with Crippen LogP contribution in [0.15, 0.2) is 47.1 Å². The lowest BCUT2D eigenvalue weighted by atomic mass is 10.1. The third kappa shape index (κ3) is 1.93. The van der Waals surface area contributed by atoms with Crippen LogP contribution in [0.5, 0.6) is 0 Å². The molecule has 94 valence electrons. The molecule has 0 aliphatic heterocycles. The van der Waals surface area contributed by atoms with Crippen LogP contribution in [0.2, 0.25) is 0 Å². The van der Waals surface area contributed by atoms with Gasteiger partial charge in [-0.15, -0.1) is 0 Å². The Bertz CT molecular complexity index is 771. The number of benzene rings is 1. The number of furan rings is 1. The average Bonchev–Trinajstić information content (AvgIpc) is 2.84. The SMILES string of the molecule is Cc1ccncc1C(=O)c1cc2cccc(C)c2o1. The highest BCUT2D eigenvalue weighted by Gasteiger charge is 2.17. The van der Waals surface area contributed by atoms with Gasteiger partial charge in [-0.2, -0.15) is 0 Å². The van der Waals surface area contributed by atoms with E-state index in [1.165, 1.54) is 0 Å². The fourth-order valence-corrected chi connectivity index (χ4v) is 2.16. The van der Waals surface area contributed by atoms with Gasteiger partial charge in [0.25, 0.3) is 0 Å². The quantitative estimate of drug-likeness (QED) is 0.652. The van der Waals surface area contributed by atoms with Crippen molar-refractivity contribution in [1.29, 1.82) is 0 Å². The lowest BCUT2D eigenvalue weighted by Gasteiger charge is -2.00. The van der Waals surface area contributed by atoms with Crippen LogP contribution in [0.3, 0.4) is 0 Å². The number of fused-ring (bicyclic) bond motifs is 1. The summed E-state index contributed by atoms with van der Waals surface area (Å²) in [6.07, 6.45) is 3.26. The lowest BCUT2D eigenvalue weighted by Crippen LogP contribution is -2.02. The van der Waals surface area contributed by atoms with Gasteiger partial charge in [0.1, 0.15) is 5.58 Å². The molecule has 2 heterocycles. The summed E-state index contributed by atoms with van der Waals surface area (Å²) < 4.78 is 5.69. The van der Waals surface area contributed by atoms with Gasteiger partial charge in [0, 0.05) is 23.3 Å². The molecule has 0 fully saturated rings. The predicted molar refractivity (Wildman–Crippen MR) is 73.4 cm³/mol. The van der Waals surface area contributed by atoms with E-state index in [9.17, 15) is 4.79 Å². The van der Waals surface area contributed by atoms with E-state index in [-0.39, 0.29) is 5.78 Å². The van der Waals surface area contributed by atoms with Gasteiger partial charge in [-0.25, -0.2) is 0 Å². The maximum atomic E-state index is 12.4. The van der Waals surface area contributed by atoms with Crippen LogP contribution in [0, 0.1) is 13.8 Å². The third-order valence-corrected chi connectivity index (χ3v) is 3.25. The van der Waals surface area contributed by atoms with E-state index in [1.54, 1.807) is 18.5 Å². The van der Waals surface area contributed by atoms with Crippen LogP contribution in [0.25, 0.3) is 11.0 Å². The number of nitrogens with zero attached hydrogens (tertiary/aromatic N) is 1. The number of rotatable bonds is 2. The van der Waals surface area contributed by atoms with Crippen molar-refractivity contribution in [2.24, 2.45) is 0 Å². The number of hydrogen-bond acceptors (Lipinski definition) is 3. The molecule has 0 bridgehead atoms. The van der Waals surface area contributed by atoms with Gasteiger partial charge in [0.2, 0.25) is 5.78 Å². The van der Waals surface area contributed by atoms with Crippen molar-refractivity contribution in [3.63, 3.8) is 0 Å². The van der Waals surface area contributed by atoms with Crippen LogP contribution in [0.1, 0.15) is 27.2 Å². The molecular weight excluding hydrogens is 238 g/mol. The van der Waals surface area contributed by atoms with E-state index in [1.807, 2.05) is 38.1 Å². The number of para-hydroxylation sites is 1. The van der Waals surface area contributed by atoms with Gasteiger partial charge >= 0.3 is 0 Å². The highest BCUT2D eigenvalue weighted by molar-refractivity contribution is 6.09. The smallest absolute Gasteiger partial charge is 0.230 e. The number of carbonyl (C=O) groups excluding carboxylic acids is 1. The van der Waals surface area contributed by atoms with Gasteiger partial charge in [-0.1, -0.05) is 18.2 Å². The third-order valence-electron chi connectivity index (χ3n) is 3.25. The summed E-state index contributed by atoms with van der Waals surface area (Å²) >= 11 is 0. The largest absolute Gasteiger partial charge is 0.452 e. The minimum absolute atomic E-state index is 0.124. The zero-order valence-corrected chi connectivity index (χ0v) is 10.8. The molecule has 0 saturated carbocycles. The molecule has 0 aliphatic rings. The summed E-state index contributed by atoms with van der Waals surface area (Å²) in [7, 11) is 0. The molecule has 3 rings (SSSR count). The summed E-state index contributed by atoms with van der Waals surface area (Å²) in [6.45, 7) is 3.86. The van der Waals surface area contributed by atoms with Crippen molar-refractivity contribution in [3.8, 4) is 0 Å². The highest BCUT2D eigenvalue weighted by atomic mass is 16.3. The number of carbonyl (C=O) groups is 1. The Morgan fingerprint density at radius 3 is 2.74 bits per heavy atom. The zero-order chi connectivity index (χ0) is 13.4. The van der Waals surface area contributed by atoms with Gasteiger partial charge in [0.15, 0.2) is 5.76 Å². The van der Waals surface area contributed by atoms with Crippen LogP contribution >= 0.6 is 0 Å². The number of ketones is 1. The Hall–Kier alpha value is -2.42. The molecule has 0 saturated heterocycles. The highest BCUT2D eigenvalue weighted by Crippen LogP contribution is 2.24. The topological polar surface area (TPSA) is 43.1 Å². The van der Waals surface area contributed by atoms with Crippen molar-refractivity contribution in [3.05, 3.63) is 65.2 Å². The lowest BCUT2D eigenvalue weighted by molar-refractivity contribution is 0.101. The summed E-state index contributed by atoms with van der Waals surface area (Å²) in [5.74, 6) is 0.238. The monoisotopic (exact) mass is 251 g/mol. The maximum Gasteiger partial charge on any atom is 0.230 e. The molecule has 2 aromatic heterocycles. The number of aryl methyl sites for hydroxylation is 2. The molecule has 1 aromatic carbocycles. The molecule has 3 heteroatoms. The second kappa shape index (κ2) is 4.35. The second-order valence-electron chi connectivity index (χ2n) is 4.62. The molecule has 3 aromatic rings. The molecule has 0 atom stereocenters. The number of pyridine rings is 1. The second-order valence-corrected chi connectivity index (χ2v) is 4.62. The Kier molecular flexibility index (Phi) is 2.67. The first kappa shape index (κ1) is 11.7. The molecular formula is C16H13NO2. The summed E-state index contributed by atoms with van der Waals surface area (Å²) in [5.41, 5.74) is 3.28. The van der Waals surface area contributed by atoms with Gasteiger partial charge in [0.05, 0.1) is 0 Å². The van der Waals surface area contributed by atoms with Gasteiger partial charge in [-0.05, 0) is 37.1 Å².